The summed E-state index contributed by atoms with van der Waals surface area (Å²) < 4.78 is 19.3. The van der Waals surface area contributed by atoms with Gasteiger partial charge in [0.05, 0.1) is 39.8 Å². The second-order valence-electron chi connectivity index (χ2n) is 17.4. The molecule has 12 nitrogen and oxygen atoms in total. The Morgan fingerprint density at radius 3 is 2.46 bits per heavy atom. The molecule has 4 aliphatic carbocycles. The minimum absolute atomic E-state index is 0.0166. The van der Waals surface area contributed by atoms with Crippen LogP contribution in [-0.4, -0.2) is 80.2 Å². The summed E-state index contributed by atoms with van der Waals surface area (Å²) in [5.41, 5.74) is -4.34. The summed E-state index contributed by atoms with van der Waals surface area (Å²) in [7, 11) is 0. The number of fused-ring (bicyclic) bond motifs is 4. The van der Waals surface area contributed by atoms with E-state index in [1.807, 2.05) is 26.0 Å². The molecule has 13 atom stereocenters. The van der Waals surface area contributed by atoms with Crippen LogP contribution < -0.4 is 5.32 Å². The van der Waals surface area contributed by atoms with Crippen molar-refractivity contribution in [2.45, 2.75) is 122 Å². The van der Waals surface area contributed by atoms with Crippen LogP contribution in [0, 0.1) is 40.4 Å². The van der Waals surface area contributed by atoms with Gasteiger partial charge in [-0.25, -0.2) is 9.59 Å². The number of aromatic nitrogens is 1. The number of hydrogen-bond acceptors (Lipinski definition) is 9. The minimum Gasteiger partial charge on any atom is -0.511 e. The number of Topliss-reactive ketones (excluding diaryl/α,β-unsaturated/α-hetero) is 1. The Balaban J connectivity index is 1.21. The molecule has 5 N–H and O–H groups in total. The van der Waals surface area contributed by atoms with E-state index in [-0.39, 0.29) is 74.3 Å². The van der Waals surface area contributed by atoms with Crippen molar-refractivity contribution in [2.75, 3.05) is 0 Å². The van der Waals surface area contributed by atoms with Crippen molar-refractivity contribution in [3.63, 3.8) is 0 Å². The molecule has 59 heavy (non-hydrogen) atoms. The number of ketones is 1. The normalized spacial score (nSPS) is 39.5. The molecule has 2 saturated heterocycles. The lowest BCUT2D eigenvalue weighted by Gasteiger charge is -2.55. The molecular formula is C44H53Cl3N2O10. The van der Waals surface area contributed by atoms with E-state index in [1.165, 1.54) is 0 Å². The van der Waals surface area contributed by atoms with Crippen LogP contribution in [0.2, 0.25) is 15.2 Å². The molecule has 15 heteroatoms. The number of carbonyl (C=O) groups is 4. The Morgan fingerprint density at radius 2 is 1.81 bits per heavy atom. The molecule has 2 bridgehead atoms. The highest BCUT2D eigenvalue weighted by Gasteiger charge is 2.67. The Morgan fingerprint density at radius 1 is 1.07 bits per heavy atom. The number of rotatable bonds is 7. The highest BCUT2D eigenvalue weighted by Crippen LogP contribution is 2.61. The van der Waals surface area contributed by atoms with E-state index in [0.717, 1.165) is 0 Å². The van der Waals surface area contributed by atoms with E-state index in [1.54, 1.807) is 26.0 Å². The monoisotopic (exact) mass is 874 g/mol. The van der Waals surface area contributed by atoms with Crippen molar-refractivity contribution >= 4 is 58.4 Å². The standard InChI is InChI=1S/C44H53Cl3N2O10/c1-6-23-19-44-37(52)30(41(56)59-44)36(51)43(7-2)24(12-10-8-9-11-17-42(44,5)20-26(23)40(54)55)14-15-25-27(43)16-13-21(3)35(25)58-29-18-28(50)33(22(4)57-29)49-39(53)34-31(45)32(46)38(47)48-34/h8,10-11,14-15,17,20-25,27-29,33,35,48,50-51H,6-7,9,12-13,16,18-19H2,1-5H3,(H,49,53)(H,54,55)/t21-,22+,23-,24+,25-,27+,28+,29-,33+,35-,42-,43+,44+/m0/s1. The summed E-state index contributed by atoms with van der Waals surface area (Å²) in [6.07, 6.45) is 13.7. The van der Waals surface area contributed by atoms with Crippen molar-refractivity contribution in [3.05, 3.63) is 80.3 Å². The highest BCUT2D eigenvalue weighted by atomic mass is 35.5. The predicted octanol–water partition coefficient (Wildman–Crippen LogP) is 8.23. The maximum absolute atomic E-state index is 15.1. The highest BCUT2D eigenvalue weighted by molar-refractivity contribution is 6.49. The van der Waals surface area contributed by atoms with Gasteiger partial charge in [-0.2, -0.15) is 0 Å². The van der Waals surface area contributed by atoms with Crippen molar-refractivity contribution in [1.82, 2.24) is 10.3 Å². The molecular weight excluding hydrogens is 823 g/mol. The van der Waals surface area contributed by atoms with Gasteiger partial charge in [-0.05, 0) is 76.0 Å². The number of nitrogens with one attached hydrogen (secondary N) is 2. The molecule has 1 aromatic rings. The summed E-state index contributed by atoms with van der Waals surface area (Å²) in [4.78, 5) is 57.5. The fourth-order valence-corrected chi connectivity index (χ4v) is 11.7. The Bertz CT molecular complexity index is 2050. The van der Waals surface area contributed by atoms with Crippen LogP contribution in [0.4, 0.5) is 0 Å². The van der Waals surface area contributed by atoms with E-state index in [4.69, 9.17) is 49.0 Å². The lowest BCUT2D eigenvalue weighted by molar-refractivity contribution is -0.258. The largest absolute Gasteiger partial charge is 0.511 e. The second kappa shape index (κ2) is 16.5. The van der Waals surface area contributed by atoms with Gasteiger partial charge in [0.2, 0.25) is 5.78 Å². The number of esters is 1. The zero-order valence-electron chi connectivity index (χ0n) is 33.8. The summed E-state index contributed by atoms with van der Waals surface area (Å²) in [5, 5.41) is 37.1. The van der Waals surface area contributed by atoms with E-state index >= 15 is 4.79 Å². The fourth-order valence-electron chi connectivity index (χ4n) is 11.1. The van der Waals surface area contributed by atoms with Gasteiger partial charge in [0.15, 0.2) is 11.9 Å². The second-order valence-corrected chi connectivity index (χ2v) is 18.5. The molecule has 1 aromatic heterocycles. The van der Waals surface area contributed by atoms with Gasteiger partial charge in [-0.15, -0.1) is 0 Å². The zero-order chi connectivity index (χ0) is 42.8. The van der Waals surface area contributed by atoms with Gasteiger partial charge in [-0.1, -0.05) is 98.1 Å². The number of ether oxygens (including phenoxy) is 3. The molecule has 0 aromatic carbocycles. The lowest BCUT2D eigenvalue weighted by Crippen LogP contribution is -2.58. The average molecular weight is 876 g/mol. The molecule has 320 valence electrons. The van der Waals surface area contributed by atoms with Crippen LogP contribution in [0.3, 0.4) is 0 Å². The number of hydrogen-bond donors (Lipinski definition) is 5. The first-order valence-corrected chi connectivity index (χ1v) is 21.8. The maximum atomic E-state index is 15.1. The minimum atomic E-state index is -1.75. The number of carboxylic acids is 1. The van der Waals surface area contributed by atoms with E-state index < -0.39 is 76.6 Å². The van der Waals surface area contributed by atoms with Gasteiger partial charge < -0.3 is 39.8 Å². The molecule has 3 fully saturated rings. The third kappa shape index (κ3) is 7.13. The Hall–Kier alpha value is -3.39. The van der Waals surface area contributed by atoms with Gasteiger partial charge in [0.25, 0.3) is 5.91 Å². The van der Waals surface area contributed by atoms with Crippen LogP contribution >= 0.6 is 34.8 Å². The molecule has 1 amide bonds. The topological polar surface area (TPSA) is 184 Å². The number of allylic oxidation sites excluding steroid dienone is 5. The maximum Gasteiger partial charge on any atom is 0.346 e. The predicted molar refractivity (Wildman–Crippen MR) is 221 cm³/mol. The summed E-state index contributed by atoms with van der Waals surface area (Å²) in [6.45, 7) is 9.35. The van der Waals surface area contributed by atoms with Crippen LogP contribution in [0.15, 0.2) is 59.4 Å². The third-order valence-electron chi connectivity index (χ3n) is 14.3. The number of aromatic amines is 1. The Labute approximate surface area is 359 Å². The summed E-state index contributed by atoms with van der Waals surface area (Å²) >= 11 is 18.3. The van der Waals surface area contributed by atoms with Crippen LogP contribution in [0.5, 0.6) is 0 Å². The SMILES string of the molecule is CC[C@H]1C[C@]23OC(=O)C(=C(O)[C@@]4(CC)[C@@H]5CC[C@H](C)[C@H](O[C@H]6C[C@@H](O)[C@H](NC(=O)c7[nH]c(Cl)c(Cl)c7Cl)[C@@H](C)O6)[C@H]5C=C[C@H]4CC=CCC=C[C@@]2(C)C=C1C(=O)O)C3=O. The number of aliphatic carboxylic acids is 1. The molecule has 6 aliphatic rings. The van der Waals surface area contributed by atoms with E-state index in [9.17, 15) is 29.7 Å². The average Bonchev–Trinajstić information content (AvgIpc) is 3.60. The van der Waals surface area contributed by atoms with Gasteiger partial charge in [0, 0.05) is 29.7 Å². The van der Waals surface area contributed by atoms with Crippen molar-refractivity contribution < 1.29 is 48.7 Å². The quantitative estimate of drug-likeness (QED) is 0.102. The number of H-pyrrole nitrogens is 1. The molecule has 0 unspecified atom stereocenters. The molecule has 1 spiro atoms. The first-order valence-electron chi connectivity index (χ1n) is 20.7. The number of carbonyl (C=O) groups excluding carboxylic acids is 3. The number of halogens is 3. The number of aliphatic hydroxyl groups is 2. The number of amides is 1. The molecule has 2 aliphatic heterocycles. The van der Waals surface area contributed by atoms with Gasteiger partial charge in [-0.3, -0.25) is 9.59 Å². The summed E-state index contributed by atoms with van der Waals surface area (Å²) in [6, 6.07) is -0.807. The number of aliphatic hydroxyl groups excluding tert-OH is 2. The van der Waals surface area contributed by atoms with E-state index in [0.29, 0.717) is 38.5 Å². The molecule has 3 heterocycles. The molecule has 7 rings (SSSR count). The van der Waals surface area contributed by atoms with E-state index in [2.05, 4.69) is 35.5 Å². The first kappa shape index (κ1) is 43.7. The lowest BCUT2D eigenvalue weighted by atomic mass is 9.51. The van der Waals surface area contributed by atoms with Crippen LogP contribution in [0.25, 0.3) is 0 Å². The smallest absolute Gasteiger partial charge is 0.346 e. The van der Waals surface area contributed by atoms with Gasteiger partial charge in [0.1, 0.15) is 22.2 Å². The molecule has 1 saturated carbocycles. The third-order valence-corrected chi connectivity index (χ3v) is 15.5. The molecule has 0 radical (unpaired) electrons. The van der Waals surface area contributed by atoms with Crippen molar-refractivity contribution in [2.24, 2.45) is 40.4 Å². The number of carboxylic acid groups (broad SMARTS) is 1. The van der Waals surface area contributed by atoms with Crippen LogP contribution in [-0.2, 0) is 28.6 Å². The summed E-state index contributed by atoms with van der Waals surface area (Å²) in [5.74, 6) is -4.86. The van der Waals surface area contributed by atoms with Gasteiger partial charge >= 0.3 is 11.9 Å². The van der Waals surface area contributed by atoms with Crippen molar-refractivity contribution in [1.29, 1.82) is 0 Å². The Kier molecular flexibility index (Phi) is 12.2. The van der Waals surface area contributed by atoms with Crippen LogP contribution in [0.1, 0.15) is 96.5 Å². The first-order chi connectivity index (χ1) is 27.9. The van der Waals surface area contributed by atoms with Crippen molar-refractivity contribution in [3.8, 4) is 0 Å². The zero-order valence-corrected chi connectivity index (χ0v) is 36.1. The fraction of sp³-hybridized carbons (Fsp3) is 0.591.